The van der Waals surface area contributed by atoms with Gasteiger partial charge in [-0.1, -0.05) is 24.3 Å². The summed E-state index contributed by atoms with van der Waals surface area (Å²) in [5.41, 5.74) is 2.41. The van der Waals surface area contributed by atoms with Crippen molar-refractivity contribution in [3.63, 3.8) is 0 Å². The Labute approximate surface area is 166 Å². The summed E-state index contributed by atoms with van der Waals surface area (Å²) in [4.78, 5) is 22.8. The van der Waals surface area contributed by atoms with Gasteiger partial charge in [-0.2, -0.15) is 0 Å². The molecule has 1 aromatic carbocycles. The molecule has 1 saturated heterocycles. The molecule has 1 fully saturated rings. The Morgan fingerprint density at radius 1 is 1.25 bits per heavy atom. The number of aromatic nitrogens is 2. The molecule has 7 heteroatoms. The van der Waals surface area contributed by atoms with E-state index in [0.29, 0.717) is 6.54 Å². The summed E-state index contributed by atoms with van der Waals surface area (Å²) in [6.45, 7) is 5.97. The van der Waals surface area contributed by atoms with E-state index in [4.69, 9.17) is 9.73 Å². The number of piperidine rings is 1. The smallest absolute Gasteiger partial charge is 0.308 e. The van der Waals surface area contributed by atoms with Crippen molar-refractivity contribution in [2.45, 2.75) is 32.9 Å². The van der Waals surface area contributed by atoms with Gasteiger partial charge in [-0.15, -0.1) is 0 Å². The van der Waals surface area contributed by atoms with E-state index < -0.39 is 0 Å². The van der Waals surface area contributed by atoms with Crippen LogP contribution < -0.4 is 5.32 Å². The van der Waals surface area contributed by atoms with Gasteiger partial charge in [-0.25, -0.2) is 9.98 Å². The molecule has 0 bridgehead atoms. The topological polar surface area (TPSA) is 71.8 Å². The van der Waals surface area contributed by atoms with Gasteiger partial charge in [0.1, 0.15) is 0 Å². The molecule has 0 saturated carbocycles. The summed E-state index contributed by atoms with van der Waals surface area (Å²) >= 11 is 0. The number of esters is 1. The third-order valence-corrected chi connectivity index (χ3v) is 5.02. The average molecular weight is 383 g/mol. The minimum atomic E-state index is -0.0997. The van der Waals surface area contributed by atoms with E-state index >= 15 is 0 Å². The van der Waals surface area contributed by atoms with Gasteiger partial charge in [-0.05, 0) is 30.9 Å². The first-order chi connectivity index (χ1) is 13.7. The molecule has 7 nitrogen and oxygen atoms in total. The van der Waals surface area contributed by atoms with E-state index in [0.717, 1.165) is 45.0 Å². The summed E-state index contributed by atoms with van der Waals surface area (Å²) in [7, 11) is 1.46. The van der Waals surface area contributed by atoms with Crippen LogP contribution in [0.5, 0.6) is 0 Å². The number of nitrogens with one attached hydrogen (secondary N) is 1. The number of carbonyl (C=O) groups is 1. The first-order valence-electron chi connectivity index (χ1n) is 9.84. The first-order valence-corrected chi connectivity index (χ1v) is 9.84. The van der Waals surface area contributed by atoms with E-state index in [1.165, 1.54) is 18.2 Å². The zero-order valence-electron chi connectivity index (χ0n) is 16.7. The standard InChI is InChI=1S/C21H29N5O2/c1-3-23-21(26-11-8-19(9-12-26)20(27)28-2)24-14-17-4-6-18(7-5-17)15-25-13-10-22-16-25/h4-7,10,13,16,19H,3,8-9,11-12,14-15H2,1-2H3,(H,23,24). The number of aliphatic imine (C=N–C) groups is 1. The lowest BCUT2D eigenvalue weighted by atomic mass is 9.97. The first kappa shape index (κ1) is 19.9. The molecule has 0 atom stereocenters. The molecular formula is C21H29N5O2. The number of methoxy groups -OCH3 is 1. The second-order valence-corrected chi connectivity index (χ2v) is 7.01. The Kier molecular flexibility index (Phi) is 7.06. The van der Waals surface area contributed by atoms with Crippen molar-refractivity contribution in [3.05, 3.63) is 54.1 Å². The van der Waals surface area contributed by atoms with Crippen LogP contribution in [0, 0.1) is 5.92 Å². The van der Waals surface area contributed by atoms with E-state index in [-0.39, 0.29) is 11.9 Å². The quantitative estimate of drug-likeness (QED) is 0.471. The molecule has 1 aliphatic heterocycles. The van der Waals surface area contributed by atoms with Crippen molar-refractivity contribution in [2.24, 2.45) is 10.9 Å². The van der Waals surface area contributed by atoms with Crippen LogP contribution in [0.3, 0.4) is 0 Å². The predicted octanol–water partition coefficient (Wildman–Crippen LogP) is 2.28. The predicted molar refractivity (Wildman–Crippen MR) is 109 cm³/mol. The molecule has 0 unspecified atom stereocenters. The van der Waals surface area contributed by atoms with Crippen molar-refractivity contribution in [2.75, 3.05) is 26.7 Å². The number of nitrogens with zero attached hydrogens (tertiary/aromatic N) is 4. The Bertz CT molecular complexity index is 763. The van der Waals surface area contributed by atoms with Crippen LogP contribution in [0.4, 0.5) is 0 Å². The monoisotopic (exact) mass is 383 g/mol. The molecule has 0 aliphatic carbocycles. The lowest BCUT2D eigenvalue weighted by molar-refractivity contribution is -0.146. The minimum absolute atomic E-state index is 0.00664. The number of carbonyl (C=O) groups excluding carboxylic acids is 1. The van der Waals surface area contributed by atoms with Crippen molar-refractivity contribution in [1.82, 2.24) is 19.8 Å². The Morgan fingerprint density at radius 2 is 1.96 bits per heavy atom. The van der Waals surface area contributed by atoms with Crippen molar-refractivity contribution >= 4 is 11.9 Å². The van der Waals surface area contributed by atoms with Crippen LogP contribution in [-0.4, -0.2) is 53.1 Å². The minimum Gasteiger partial charge on any atom is -0.469 e. The fourth-order valence-electron chi connectivity index (χ4n) is 3.43. The van der Waals surface area contributed by atoms with Crippen LogP contribution in [0.2, 0.25) is 0 Å². The van der Waals surface area contributed by atoms with Crippen molar-refractivity contribution in [1.29, 1.82) is 0 Å². The largest absolute Gasteiger partial charge is 0.469 e. The zero-order valence-corrected chi connectivity index (χ0v) is 16.7. The Hall–Kier alpha value is -2.83. The third-order valence-electron chi connectivity index (χ3n) is 5.02. The maximum absolute atomic E-state index is 11.7. The maximum atomic E-state index is 11.7. The number of ether oxygens (including phenoxy) is 1. The number of hydrogen-bond acceptors (Lipinski definition) is 4. The van der Waals surface area contributed by atoms with Crippen LogP contribution in [0.1, 0.15) is 30.9 Å². The summed E-state index contributed by atoms with van der Waals surface area (Å²) in [6.07, 6.45) is 7.19. The number of hydrogen-bond donors (Lipinski definition) is 1. The maximum Gasteiger partial charge on any atom is 0.308 e. The Balaban J connectivity index is 1.57. The van der Waals surface area contributed by atoms with Gasteiger partial charge in [-0.3, -0.25) is 4.79 Å². The van der Waals surface area contributed by atoms with E-state index in [9.17, 15) is 4.79 Å². The van der Waals surface area contributed by atoms with Crippen LogP contribution >= 0.6 is 0 Å². The highest BCUT2D eigenvalue weighted by atomic mass is 16.5. The number of benzene rings is 1. The molecule has 3 rings (SSSR count). The highest BCUT2D eigenvalue weighted by Crippen LogP contribution is 2.18. The highest BCUT2D eigenvalue weighted by molar-refractivity contribution is 5.80. The number of imidazole rings is 1. The summed E-state index contributed by atoms with van der Waals surface area (Å²) < 4.78 is 6.92. The van der Waals surface area contributed by atoms with Crippen LogP contribution in [-0.2, 0) is 22.6 Å². The van der Waals surface area contributed by atoms with Gasteiger partial charge in [0.2, 0.25) is 0 Å². The third kappa shape index (κ3) is 5.34. The lowest BCUT2D eigenvalue weighted by Gasteiger charge is -2.33. The molecule has 0 spiro atoms. The lowest BCUT2D eigenvalue weighted by Crippen LogP contribution is -2.46. The van der Waals surface area contributed by atoms with Crippen LogP contribution in [0.25, 0.3) is 0 Å². The van der Waals surface area contributed by atoms with E-state index in [2.05, 4.69) is 46.4 Å². The SMILES string of the molecule is CCNC(=NCc1ccc(Cn2ccnc2)cc1)N1CCC(C(=O)OC)CC1. The normalized spacial score (nSPS) is 15.5. The fourth-order valence-corrected chi connectivity index (χ4v) is 3.43. The summed E-state index contributed by atoms with van der Waals surface area (Å²) in [6, 6.07) is 8.53. The fraction of sp³-hybridized carbons (Fsp3) is 0.476. The second-order valence-electron chi connectivity index (χ2n) is 7.01. The van der Waals surface area contributed by atoms with Gasteiger partial charge < -0.3 is 19.5 Å². The number of rotatable bonds is 6. The molecular weight excluding hydrogens is 354 g/mol. The number of guanidine groups is 1. The number of likely N-dealkylation sites (tertiary alicyclic amines) is 1. The Morgan fingerprint density at radius 3 is 2.57 bits per heavy atom. The van der Waals surface area contributed by atoms with Crippen molar-refractivity contribution in [3.8, 4) is 0 Å². The average Bonchev–Trinajstić information content (AvgIpc) is 3.25. The molecule has 1 N–H and O–H groups in total. The molecule has 2 aromatic rings. The van der Waals surface area contributed by atoms with E-state index in [1.54, 1.807) is 6.20 Å². The molecule has 1 aliphatic rings. The van der Waals surface area contributed by atoms with Gasteiger partial charge in [0.05, 0.1) is 25.9 Å². The van der Waals surface area contributed by atoms with Gasteiger partial charge in [0, 0.05) is 38.6 Å². The zero-order chi connectivity index (χ0) is 19.8. The summed E-state index contributed by atoms with van der Waals surface area (Å²) in [5.74, 6) is 0.817. The molecule has 28 heavy (non-hydrogen) atoms. The molecule has 1 aromatic heterocycles. The van der Waals surface area contributed by atoms with E-state index in [1.807, 2.05) is 17.1 Å². The van der Waals surface area contributed by atoms with Gasteiger partial charge in [0.15, 0.2) is 5.96 Å². The highest BCUT2D eigenvalue weighted by Gasteiger charge is 2.26. The van der Waals surface area contributed by atoms with Crippen LogP contribution in [0.15, 0.2) is 48.0 Å². The summed E-state index contributed by atoms with van der Waals surface area (Å²) in [5, 5.41) is 3.37. The molecule has 2 heterocycles. The van der Waals surface area contributed by atoms with Gasteiger partial charge >= 0.3 is 5.97 Å². The van der Waals surface area contributed by atoms with Crippen molar-refractivity contribution < 1.29 is 9.53 Å². The molecule has 0 radical (unpaired) electrons. The second kappa shape index (κ2) is 9.92. The molecule has 0 amide bonds. The van der Waals surface area contributed by atoms with Gasteiger partial charge in [0.25, 0.3) is 0 Å². The molecule has 150 valence electrons.